The fraction of sp³-hybridized carbons (Fsp3) is 0.526. The number of hydrogen-bond acceptors (Lipinski definition) is 6. The maximum Gasteiger partial charge on any atom is 0.306 e. The van der Waals surface area contributed by atoms with Crippen LogP contribution in [0.5, 0.6) is 0 Å². The molecule has 0 radical (unpaired) electrons. The zero-order chi connectivity index (χ0) is 21.6. The molecule has 2 aromatic rings. The van der Waals surface area contributed by atoms with E-state index in [1.54, 1.807) is 12.1 Å². The highest BCUT2D eigenvalue weighted by Gasteiger charge is 2.20. The minimum atomic E-state index is -3.55. The van der Waals surface area contributed by atoms with Gasteiger partial charge < -0.3 is 14.6 Å². The molecule has 10 heteroatoms. The molecule has 0 saturated carbocycles. The second-order valence-corrected chi connectivity index (χ2v) is 8.87. The molecule has 0 spiro atoms. The van der Waals surface area contributed by atoms with Gasteiger partial charge in [-0.1, -0.05) is 6.92 Å². The Morgan fingerprint density at radius 1 is 1.24 bits per heavy atom. The van der Waals surface area contributed by atoms with E-state index in [4.69, 9.17) is 4.74 Å². The summed E-state index contributed by atoms with van der Waals surface area (Å²) in [7, 11) is -0.603. The number of ether oxygens (including phenoxy) is 1. The van der Waals surface area contributed by atoms with Crippen molar-refractivity contribution in [2.75, 3.05) is 27.2 Å². The standard InChI is InChI=1S/C19H28N4O5S/c1-5-11-20-18(24)13-28-19(25)10-9-17-21-15-12-14(29(26,27)22(3)4)7-8-16(15)23(17)6-2/h7-8,12H,5-6,9-11,13H2,1-4H3,(H,20,24). The monoisotopic (exact) mass is 424 g/mol. The van der Waals surface area contributed by atoms with Gasteiger partial charge in [-0.2, -0.15) is 0 Å². The van der Waals surface area contributed by atoms with Gasteiger partial charge in [0.25, 0.3) is 5.91 Å². The summed E-state index contributed by atoms with van der Waals surface area (Å²) in [5.74, 6) is -0.146. The Morgan fingerprint density at radius 2 is 1.97 bits per heavy atom. The van der Waals surface area contributed by atoms with Crippen LogP contribution in [0.15, 0.2) is 23.1 Å². The Labute approximate surface area is 171 Å². The molecule has 29 heavy (non-hydrogen) atoms. The summed E-state index contributed by atoms with van der Waals surface area (Å²) >= 11 is 0. The van der Waals surface area contributed by atoms with Crippen molar-refractivity contribution in [3.05, 3.63) is 24.0 Å². The van der Waals surface area contributed by atoms with Gasteiger partial charge in [-0.15, -0.1) is 0 Å². The van der Waals surface area contributed by atoms with Crippen LogP contribution in [-0.2, 0) is 37.3 Å². The normalized spacial score (nSPS) is 11.8. The van der Waals surface area contributed by atoms with E-state index in [9.17, 15) is 18.0 Å². The van der Waals surface area contributed by atoms with E-state index in [2.05, 4.69) is 10.3 Å². The predicted octanol–water partition coefficient (Wildman–Crippen LogP) is 1.31. The first kappa shape index (κ1) is 22.8. The van der Waals surface area contributed by atoms with Gasteiger partial charge >= 0.3 is 5.97 Å². The molecule has 9 nitrogen and oxygen atoms in total. The lowest BCUT2D eigenvalue weighted by atomic mass is 10.3. The van der Waals surface area contributed by atoms with Gasteiger partial charge in [0, 0.05) is 33.6 Å². The number of carbonyl (C=O) groups excluding carboxylic acids is 2. The molecular formula is C19H28N4O5S. The average molecular weight is 425 g/mol. The third kappa shape index (κ3) is 5.54. The van der Waals surface area contributed by atoms with Crippen LogP contribution in [0.2, 0.25) is 0 Å². The van der Waals surface area contributed by atoms with Gasteiger partial charge in [-0.3, -0.25) is 9.59 Å². The first-order valence-corrected chi connectivity index (χ1v) is 11.0. The van der Waals surface area contributed by atoms with Crippen LogP contribution < -0.4 is 5.32 Å². The molecule has 0 bridgehead atoms. The van der Waals surface area contributed by atoms with Crippen LogP contribution in [0.3, 0.4) is 0 Å². The molecule has 160 valence electrons. The number of rotatable bonds is 10. The van der Waals surface area contributed by atoms with Crippen molar-refractivity contribution in [2.45, 2.75) is 44.6 Å². The van der Waals surface area contributed by atoms with Gasteiger partial charge in [0.1, 0.15) is 5.82 Å². The molecule has 0 aliphatic rings. The molecule has 1 amide bonds. The van der Waals surface area contributed by atoms with Gasteiger partial charge in [-0.05, 0) is 31.5 Å². The minimum absolute atomic E-state index is 0.0766. The number of carbonyl (C=O) groups is 2. The second kappa shape index (κ2) is 9.84. The molecular weight excluding hydrogens is 396 g/mol. The third-order valence-electron chi connectivity index (χ3n) is 4.38. The third-order valence-corrected chi connectivity index (χ3v) is 6.19. The highest BCUT2D eigenvalue weighted by atomic mass is 32.2. The zero-order valence-corrected chi connectivity index (χ0v) is 18.1. The van der Waals surface area contributed by atoms with Gasteiger partial charge in [0.05, 0.1) is 22.3 Å². The topological polar surface area (TPSA) is 111 Å². The first-order valence-electron chi connectivity index (χ1n) is 9.54. The lowest BCUT2D eigenvalue weighted by Gasteiger charge is -2.11. The smallest absolute Gasteiger partial charge is 0.306 e. The van der Waals surface area contributed by atoms with E-state index in [1.165, 1.54) is 20.2 Å². The molecule has 2 rings (SSSR count). The lowest BCUT2D eigenvalue weighted by molar-refractivity contribution is -0.148. The maximum atomic E-state index is 12.3. The SMILES string of the molecule is CCCNC(=O)COC(=O)CCc1nc2cc(S(=O)(=O)N(C)C)ccc2n1CC. The number of sulfonamides is 1. The van der Waals surface area contributed by atoms with Crippen molar-refractivity contribution < 1.29 is 22.7 Å². The molecule has 0 fully saturated rings. The van der Waals surface area contributed by atoms with E-state index in [-0.39, 0.29) is 23.8 Å². The van der Waals surface area contributed by atoms with E-state index in [0.29, 0.717) is 30.9 Å². The zero-order valence-electron chi connectivity index (χ0n) is 17.3. The van der Waals surface area contributed by atoms with Crippen LogP contribution in [-0.4, -0.2) is 61.4 Å². The fourth-order valence-corrected chi connectivity index (χ4v) is 3.74. The van der Waals surface area contributed by atoms with Crippen LogP contribution in [0.1, 0.15) is 32.5 Å². The average Bonchev–Trinajstić information content (AvgIpc) is 3.05. The van der Waals surface area contributed by atoms with Crippen LogP contribution >= 0.6 is 0 Å². The molecule has 0 aliphatic carbocycles. The van der Waals surface area contributed by atoms with Gasteiger partial charge in [0.2, 0.25) is 10.0 Å². The number of nitrogens with one attached hydrogen (secondary N) is 1. The number of nitrogens with zero attached hydrogens (tertiary/aromatic N) is 3. The molecule has 1 heterocycles. The second-order valence-electron chi connectivity index (χ2n) is 6.72. The number of aryl methyl sites for hydroxylation is 2. The first-order chi connectivity index (χ1) is 13.7. The van der Waals surface area contributed by atoms with Crippen molar-refractivity contribution in [3.63, 3.8) is 0 Å². The van der Waals surface area contributed by atoms with Crippen LogP contribution in [0.25, 0.3) is 11.0 Å². The summed E-state index contributed by atoms with van der Waals surface area (Å²) in [6.45, 7) is 4.76. The Bertz CT molecular complexity index is 982. The summed E-state index contributed by atoms with van der Waals surface area (Å²) < 4.78 is 32.8. The molecule has 0 unspecified atom stereocenters. The number of benzene rings is 1. The predicted molar refractivity (Wildman–Crippen MR) is 109 cm³/mol. The number of imidazole rings is 1. The summed E-state index contributed by atoms with van der Waals surface area (Å²) in [5.41, 5.74) is 1.35. The molecule has 0 atom stereocenters. The fourth-order valence-electron chi connectivity index (χ4n) is 2.82. The number of esters is 1. The molecule has 1 aromatic heterocycles. The highest BCUT2D eigenvalue weighted by Crippen LogP contribution is 2.22. The van der Waals surface area contributed by atoms with Gasteiger partial charge in [-0.25, -0.2) is 17.7 Å². The van der Waals surface area contributed by atoms with Crippen LogP contribution in [0.4, 0.5) is 0 Å². The van der Waals surface area contributed by atoms with Crippen molar-refractivity contribution in [2.24, 2.45) is 0 Å². The highest BCUT2D eigenvalue weighted by molar-refractivity contribution is 7.89. The quantitative estimate of drug-likeness (QED) is 0.576. The molecule has 1 aromatic carbocycles. The van der Waals surface area contributed by atoms with Crippen molar-refractivity contribution in [3.8, 4) is 0 Å². The minimum Gasteiger partial charge on any atom is -0.456 e. The maximum absolute atomic E-state index is 12.3. The number of aromatic nitrogens is 2. The summed E-state index contributed by atoms with van der Waals surface area (Å²) in [4.78, 5) is 28.1. The van der Waals surface area contributed by atoms with E-state index >= 15 is 0 Å². The van der Waals surface area contributed by atoms with E-state index in [1.807, 2.05) is 18.4 Å². The largest absolute Gasteiger partial charge is 0.456 e. The van der Waals surface area contributed by atoms with Crippen molar-refractivity contribution in [1.29, 1.82) is 0 Å². The van der Waals surface area contributed by atoms with Crippen molar-refractivity contribution in [1.82, 2.24) is 19.2 Å². The summed E-state index contributed by atoms with van der Waals surface area (Å²) in [5, 5.41) is 2.64. The molecule has 1 N–H and O–H groups in total. The Kier molecular flexibility index (Phi) is 7.74. The Balaban J connectivity index is 2.11. The molecule has 0 saturated heterocycles. The number of amides is 1. The van der Waals surface area contributed by atoms with Gasteiger partial charge in [0.15, 0.2) is 6.61 Å². The summed E-state index contributed by atoms with van der Waals surface area (Å²) in [6, 6.07) is 4.82. The van der Waals surface area contributed by atoms with E-state index < -0.39 is 16.0 Å². The molecule has 0 aliphatic heterocycles. The van der Waals surface area contributed by atoms with E-state index in [0.717, 1.165) is 16.2 Å². The Morgan fingerprint density at radius 3 is 2.59 bits per heavy atom. The lowest BCUT2D eigenvalue weighted by Crippen LogP contribution is -2.29. The number of fused-ring (bicyclic) bond motifs is 1. The Hall–Kier alpha value is -2.46. The van der Waals surface area contributed by atoms with Crippen molar-refractivity contribution >= 4 is 32.9 Å². The summed E-state index contributed by atoms with van der Waals surface area (Å²) in [6.07, 6.45) is 1.21. The van der Waals surface area contributed by atoms with Crippen LogP contribution in [0, 0.1) is 0 Å². The number of hydrogen-bond donors (Lipinski definition) is 1.